The molecule has 92 valence electrons. The van der Waals surface area contributed by atoms with Crippen LogP contribution in [0.1, 0.15) is 42.2 Å². The van der Waals surface area contributed by atoms with E-state index in [1.54, 1.807) is 17.7 Å². The van der Waals surface area contributed by atoms with Gasteiger partial charge in [-0.15, -0.1) is 21.5 Å². The summed E-state index contributed by atoms with van der Waals surface area (Å²) in [7, 11) is 1.97. The number of aromatic nitrogens is 3. The van der Waals surface area contributed by atoms with E-state index in [4.69, 9.17) is 0 Å². The first kappa shape index (κ1) is 12.3. The van der Waals surface area contributed by atoms with E-state index >= 15 is 0 Å². The lowest BCUT2D eigenvalue weighted by Crippen LogP contribution is -2.24. The molecule has 2 atom stereocenters. The number of nitrogens with zero attached hydrogens (tertiary/aromatic N) is 3. The molecule has 2 heterocycles. The largest absolute Gasteiger partial charge is 0.319 e. The second-order valence-corrected chi connectivity index (χ2v) is 5.33. The fourth-order valence-corrected chi connectivity index (χ4v) is 2.98. The van der Waals surface area contributed by atoms with E-state index < -0.39 is 0 Å². The minimum absolute atomic E-state index is 0.194. The number of aryl methyl sites for hydroxylation is 2. The van der Waals surface area contributed by atoms with Gasteiger partial charge in [-0.3, -0.25) is 0 Å². The van der Waals surface area contributed by atoms with Gasteiger partial charge in [0.15, 0.2) is 0 Å². The van der Waals surface area contributed by atoms with Gasteiger partial charge in [0, 0.05) is 18.0 Å². The van der Waals surface area contributed by atoms with Crippen molar-refractivity contribution in [3.05, 3.63) is 34.0 Å². The van der Waals surface area contributed by atoms with Crippen molar-refractivity contribution in [2.75, 3.05) is 0 Å². The van der Waals surface area contributed by atoms with E-state index in [0.717, 1.165) is 5.82 Å². The highest BCUT2D eigenvalue weighted by Crippen LogP contribution is 2.25. The Hall–Kier alpha value is -1.20. The van der Waals surface area contributed by atoms with Gasteiger partial charge < -0.3 is 9.88 Å². The summed E-state index contributed by atoms with van der Waals surface area (Å²) in [5.74, 6) is 0.964. The van der Waals surface area contributed by atoms with Crippen molar-refractivity contribution in [2.45, 2.75) is 32.9 Å². The normalized spacial score (nSPS) is 14.8. The van der Waals surface area contributed by atoms with Gasteiger partial charge >= 0.3 is 0 Å². The zero-order valence-electron chi connectivity index (χ0n) is 10.6. The maximum Gasteiger partial charge on any atom is 0.149 e. The summed E-state index contributed by atoms with van der Waals surface area (Å²) in [4.78, 5) is 1.39. The standard InChI is InChI=1S/C12H18N4S/c1-8-5-6-17-11(8)9(2)14-10(3)12-15-13-7-16(12)4/h5-7,9-10,14H,1-4H3. The van der Waals surface area contributed by atoms with Crippen LogP contribution in [-0.2, 0) is 7.05 Å². The molecule has 0 saturated carbocycles. The Morgan fingerprint density at radius 1 is 1.35 bits per heavy atom. The summed E-state index contributed by atoms with van der Waals surface area (Å²) in [6, 6.07) is 2.69. The van der Waals surface area contributed by atoms with Crippen molar-refractivity contribution in [1.82, 2.24) is 20.1 Å². The lowest BCUT2D eigenvalue weighted by atomic mass is 10.1. The Bertz CT molecular complexity index is 444. The lowest BCUT2D eigenvalue weighted by molar-refractivity contribution is 0.469. The average Bonchev–Trinajstić information content (AvgIpc) is 2.86. The molecule has 0 fully saturated rings. The molecule has 2 unspecified atom stereocenters. The van der Waals surface area contributed by atoms with Crippen molar-refractivity contribution < 1.29 is 0 Å². The van der Waals surface area contributed by atoms with Crippen LogP contribution in [0.25, 0.3) is 0 Å². The van der Waals surface area contributed by atoms with Crippen LogP contribution >= 0.6 is 11.3 Å². The van der Waals surface area contributed by atoms with Crippen molar-refractivity contribution in [3.8, 4) is 0 Å². The van der Waals surface area contributed by atoms with Crippen LogP contribution in [0.15, 0.2) is 17.8 Å². The fraction of sp³-hybridized carbons (Fsp3) is 0.500. The molecule has 0 aliphatic heterocycles. The van der Waals surface area contributed by atoms with E-state index in [1.807, 2.05) is 11.6 Å². The fourth-order valence-electron chi connectivity index (χ4n) is 2.04. The smallest absolute Gasteiger partial charge is 0.149 e. The second-order valence-electron chi connectivity index (χ2n) is 4.38. The highest BCUT2D eigenvalue weighted by atomic mass is 32.1. The summed E-state index contributed by atoms with van der Waals surface area (Å²) in [5.41, 5.74) is 1.35. The topological polar surface area (TPSA) is 42.7 Å². The number of nitrogens with one attached hydrogen (secondary N) is 1. The van der Waals surface area contributed by atoms with Gasteiger partial charge in [0.05, 0.1) is 6.04 Å². The third kappa shape index (κ3) is 2.56. The van der Waals surface area contributed by atoms with E-state index in [2.05, 4.69) is 47.7 Å². The zero-order chi connectivity index (χ0) is 12.4. The summed E-state index contributed by atoms with van der Waals surface area (Å²) >= 11 is 1.80. The Balaban J connectivity index is 2.07. The van der Waals surface area contributed by atoms with E-state index in [9.17, 15) is 0 Å². The molecule has 0 amide bonds. The molecule has 0 saturated heterocycles. The summed E-state index contributed by atoms with van der Waals surface area (Å²) < 4.78 is 1.95. The molecule has 5 heteroatoms. The molecular formula is C12H18N4S. The lowest BCUT2D eigenvalue weighted by Gasteiger charge is -2.19. The molecule has 4 nitrogen and oxygen atoms in total. The minimum Gasteiger partial charge on any atom is -0.319 e. The summed E-state index contributed by atoms with van der Waals surface area (Å²) in [6.45, 7) is 6.45. The molecule has 2 rings (SSSR count). The van der Waals surface area contributed by atoms with Crippen LogP contribution in [0, 0.1) is 6.92 Å². The first-order valence-electron chi connectivity index (χ1n) is 5.73. The molecule has 0 aromatic carbocycles. The summed E-state index contributed by atoms with van der Waals surface area (Å²) in [6.07, 6.45) is 1.73. The van der Waals surface area contributed by atoms with Crippen molar-refractivity contribution in [1.29, 1.82) is 0 Å². The molecule has 1 N–H and O–H groups in total. The molecule has 0 spiro atoms. The molecular weight excluding hydrogens is 232 g/mol. The van der Waals surface area contributed by atoms with Gasteiger partial charge in [0.1, 0.15) is 12.2 Å². The van der Waals surface area contributed by atoms with Gasteiger partial charge in [-0.1, -0.05) is 0 Å². The van der Waals surface area contributed by atoms with Gasteiger partial charge in [0.2, 0.25) is 0 Å². The Morgan fingerprint density at radius 3 is 2.65 bits per heavy atom. The Morgan fingerprint density at radius 2 is 2.12 bits per heavy atom. The van der Waals surface area contributed by atoms with Crippen LogP contribution in [0.4, 0.5) is 0 Å². The Kier molecular flexibility index (Phi) is 3.59. The van der Waals surface area contributed by atoms with Crippen molar-refractivity contribution >= 4 is 11.3 Å². The van der Waals surface area contributed by atoms with Gasteiger partial charge in [0.25, 0.3) is 0 Å². The van der Waals surface area contributed by atoms with E-state index in [1.165, 1.54) is 10.4 Å². The van der Waals surface area contributed by atoms with Crippen LogP contribution in [0.3, 0.4) is 0 Å². The van der Waals surface area contributed by atoms with Crippen LogP contribution < -0.4 is 5.32 Å². The molecule has 17 heavy (non-hydrogen) atoms. The maximum absolute atomic E-state index is 4.13. The van der Waals surface area contributed by atoms with Crippen LogP contribution in [-0.4, -0.2) is 14.8 Å². The molecule has 0 aliphatic carbocycles. The average molecular weight is 250 g/mol. The quantitative estimate of drug-likeness (QED) is 0.907. The molecule has 0 bridgehead atoms. The van der Waals surface area contributed by atoms with Gasteiger partial charge in [-0.2, -0.15) is 0 Å². The van der Waals surface area contributed by atoms with Gasteiger partial charge in [-0.25, -0.2) is 0 Å². The van der Waals surface area contributed by atoms with Gasteiger partial charge in [-0.05, 0) is 37.8 Å². The number of thiophene rings is 1. The Labute approximate surface area is 106 Å². The molecule has 0 aliphatic rings. The van der Waals surface area contributed by atoms with Crippen LogP contribution in [0.5, 0.6) is 0 Å². The third-order valence-corrected chi connectivity index (χ3v) is 4.13. The van der Waals surface area contributed by atoms with Crippen molar-refractivity contribution in [2.24, 2.45) is 7.05 Å². The van der Waals surface area contributed by atoms with Crippen molar-refractivity contribution in [3.63, 3.8) is 0 Å². The number of rotatable bonds is 4. The summed E-state index contributed by atoms with van der Waals surface area (Å²) in [5, 5.41) is 13.7. The molecule has 2 aromatic rings. The molecule has 2 aromatic heterocycles. The highest BCUT2D eigenvalue weighted by molar-refractivity contribution is 7.10. The van der Waals surface area contributed by atoms with E-state index in [0.29, 0.717) is 6.04 Å². The maximum atomic E-state index is 4.13. The third-order valence-electron chi connectivity index (χ3n) is 2.93. The SMILES string of the molecule is Cc1ccsc1C(C)NC(C)c1nncn1C. The predicted molar refractivity (Wildman–Crippen MR) is 70.0 cm³/mol. The van der Waals surface area contributed by atoms with Crippen LogP contribution in [0.2, 0.25) is 0 Å². The number of hydrogen-bond acceptors (Lipinski definition) is 4. The first-order valence-corrected chi connectivity index (χ1v) is 6.61. The highest BCUT2D eigenvalue weighted by Gasteiger charge is 2.16. The first-order chi connectivity index (χ1) is 8.09. The second kappa shape index (κ2) is 4.98. The number of hydrogen-bond donors (Lipinski definition) is 1. The molecule has 0 radical (unpaired) electrons. The predicted octanol–water partition coefficient (Wildman–Crippen LogP) is 2.60. The zero-order valence-corrected chi connectivity index (χ0v) is 11.5. The minimum atomic E-state index is 0.194. The van der Waals surface area contributed by atoms with E-state index in [-0.39, 0.29) is 6.04 Å². The monoisotopic (exact) mass is 250 g/mol.